The Labute approximate surface area is 137 Å². The molecule has 1 aliphatic rings. The quantitative estimate of drug-likeness (QED) is 0.825. The molecule has 6 heteroatoms. The fourth-order valence-corrected chi connectivity index (χ4v) is 4.57. The van der Waals surface area contributed by atoms with E-state index in [2.05, 4.69) is 22.1 Å². The van der Waals surface area contributed by atoms with Crippen LogP contribution in [0.4, 0.5) is 0 Å². The van der Waals surface area contributed by atoms with Gasteiger partial charge in [-0.15, -0.1) is 23.1 Å². The highest BCUT2D eigenvalue weighted by Crippen LogP contribution is 2.30. The zero-order valence-electron chi connectivity index (χ0n) is 12.4. The second-order valence-electron chi connectivity index (χ2n) is 5.37. The van der Waals surface area contributed by atoms with Crippen molar-refractivity contribution >= 4 is 44.1 Å². The monoisotopic (exact) mass is 334 g/mol. The van der Waals surface area contributed by atoms with Crippen LogP contribution in [0.2, 0.25) is 0 Å². The van der Waals surface area contributed by atoms with Gasteiger partial charge in [-0.1, -0.05) is 6.07 Å². The summed E-state index contributed by atoms with van der Waals surface area (Å²) < 4.78 is 1.16. The van der Waals surface area contributed by atoms with Crippen LogP contribution in [0.5, 0.6) is 0 Å². The first-order chi connectivity index (χ1) is 10.7. The number of Topliss-reactive ketones (excluding diaryl/α,β-unsaturated/α-hetero) is 1. The number of rotatable bonds is 6. The van der Waals surface area contributed by atoms with Crippen LogP contribution in [0, 0.1) is 0 Å². The number of carbonyl (C=O) groups is 1. The molecule has 0 bridgehead atoms. The molecule has 0 aliphatic carbocycles. The Hall–Kier alpha value is -1.24. The molecule has 1 aromatic heterocycles. The number of ketones is 1. The van der Waals surface area contributed by atoms with E-state index in [1.54, 1.807) is 30.0 Å². The number of thiazole rings is 1. The van der Waals surface area contributed by atoms with Crippen molar-refractivity contribution in [2.24, 2.45) is 4.99 Å². The van der Waals surface area contributed by atoms with E-state index in [1.807, 2.05) is 6.07 Å². The highest BCUT2D eigenvalue weighted by Gasteiger charge is 2.24. The van der Waals surface area contributed by atoms with Crippen molar-refractivity contribution in [3.8, 4) is 0 Å². The number of aliphatic hydroxyl groups is 1. The Bertz CT molecular complexity index is 724. The lowest BCUT2D eigenvalue weighted by molar-refractivity contribution is -0.117. The normalized spacial score (nSPS) is 17.9. The van der Waals surface area contributed by atoms with Crippen LogP contribution in [0.3, 0.4) is 0 Å². The van der Waals surface area contributed by atoms with Crippen molar-refractivity contribution in [1.82, 2.24) is 4.98 Å². The summed E-state index contributed by atoms with van der Waals surface area (Å²) in [5.74, 6) is 0.849. The van der Waals surface area contributed by atoms with E-state index in [-0.39, 0.29) is 18.4 Å². The molecule has 1 N–H and O–H groups in total. The fourth-order valence-electron chi connectivity index (χ4n) is 2.36. The number of hydrogen-bond donors (Lipinski definition) is 1. The molecule has 0 fully saturated rings. The number of carbonyl (C=O) groups excluding carboxylic acids is 1. The smallest absolute Gasteiger partial charge is 0.155 e. The number of aryl methyl sites for hydroxylation is 1. The third kappa shape index (κ3) is 3.39. The SMILES string of the molecule is CC(=O)[C@H]1CSC(c2nc3ccc(CCCCO)cc3s2)=N1. The number of aliphatic hydroxyl groups excluding tert-OH is 1. The van der Waals surface area contributed by atoms with Crippen LogP contribution in [0.1, 0.15) is 30.3 Å². The van der Waals surface area contributed by atoms with Gasteiger partial charge in [0.05, 0.1) is 10.2 Å². The predicted octanol–water partition coefficient (Wildman–Crippen LogP) is 3.06. The molecular formula is C16H18N2O2S2. The van der Waals surface area contributed by atoms with Crippen LogP contribution in [-0.4, -0.2) is 39.3 Å². The van der Waals surface area contributed by atoms with Gasteiger partial charge in [-0.2, -0.15) is 0 Å². The molecule has 0 radical (unpaired) electrons. The molecule has 3 rings (SSSR count). The lowest BCUT2D eigenvalue weighted by atomic mass is 10.1. The van der Waals surface area contributed by atoms with Gasteiger partial charge in [0, 0.05) is 12.4 Å². The van der Waals surface area contributed by atoms with E-state index >= 15 is 0 Å². The lowest BCUT2D eigenvalue weighted by Crippen LogP contribution is -2.14. The Kier molecular flexibility index (Phi) is 4.90. The zero-order chi connectivity index (χ0) is 15.5. The van der Waals surface area contributed by atoms with Crippen molar-refractivity contribution in [3.63, 3.8) is 0 Å². The second kappa shape index (κ2) is 6.89. The zero-order valence-corrected chi connectivity index (χ0v) is 14.0. The minimum atomic E-state index is -0.207. The van der Waals surface area contributed by atoms with Gasteiger partial charge in [0.25, 0.3) is 0 Å². The number of hydrogen-bond acceptors (Lipinski definition) is 6. The second-order valence-corrected chi connectivity index (χ2v) is 7.41. The third-order valence-corrected chi connectivity index (χ3v) is 5.84. The van der Waals surface area contributed by atoms with Crippen molar-refractivity contribution in [3.05, 3.63) is 28.8 Å². The molecule has 0 amide bonds. The maximum atomic E-state index is 11.4. The molecule has 0 spiro atoms. The number of nitrogens with zero attached hydrogens (tertiary/aromatic N) is 2. The summed E-state index contributed by atoms with van der Waals surface area (Å²) in [6.07, 6.45) is 2.81. The summed E-state index contributed by atoms with van der Waals surface area (Å²) in [6, 6.07) is 6.12. The first kappa shape index (κ1) is 15.6. The number of aliphatic imine (C=N–C) groups is 1. The molecule has 22 heavy (non-hydrogen) atoms. The third-order valence-electron chi connectivity index (χ3n) is 3.63. The fraction of sp³-hybridized carbons (Fsp3) is 0.438. The highest BCUT2D eigenvalue weighted by molar-refractivity contribution is 8.15. The average molecular weight is 334 g/mol. The molecule has 0 saturated carbocycles. The molecule has 2 aromatic rings. The van der Waals surface area contributed by atoms with Gasteiger partial charge in [0.2, 0.25) is 0 Å². The number of benzene rings is 1. The Balaban J connectivity index is 1.81. The summed E-state index contributed by atoms with van der Waals surface area (Å²) in [5.41, 5.74) is 2.26. The summed E-state index contributed by atoms with van der Waals surface area (Å²) in [7, 11) is 0. The summed E-state index contributed by atoms with van der Waals surface area (Å²) in [5, 5.41) is 10.7. The summed E-state index contributed by atoms with van der Waals surface area (Å²) in [6.45, 7) is 1.84. The summed E-state index contributed by atoms with van der Waals surface area (Å²) in [4.78, 5) is 20.5. The van der Waals surface area contributed by atoms with Gasteiger partial charge in [0.15, 0.2) is 5.78 Å². The first-order valence-corrected chi connectivity index (χ1v) is 9.19. The van der Waals surface area contributed by atoms with Crippen LogP contribution in [0.15, 0.2) is 23.2 Å². The van der Waals surface area contributed by atoms with Crippen molar-refractivity contribution in [2.45, 2.75) is 32.2 Å². The van der Waals surface area contributed by atoms with Crippen molar-refractivity contribution < 1.29 is 9.90 Å². The predicted molar refractivity (Wildman–Crippen MR) is 93.1 cm³/mol. The molecule has 1 atom stereocenters. The minimum Gasteiger partial charge on any atom is -0.396 e. The number of thioether (sulfide) groups is 1. The molecule has 116 valence electrons. The molecule has 1 aromatic carbocycles. The van der Waals surface area contributed by atoms with Crippen LogP contribution < -0.4 is 0 Å². The Morgan fingerprint density at radius 1 is 1.41 bits per heavy atom. The van der Waals surface area contributed by atoms with Crippen molar-refractivity contribution in [2.75, 3.05) is 12.4 Å². The van der Waals surface area contributed by atoms with Gasteiger partial charge >= 0.3 is 0 Å². The van der Waals surface area contributed by atoms with E-state index in [0.29, 0.717) is 0 Å². The molecule has 1 aliphatic heterocycles. The number of unbranched alkanes of at least 4 members (excludes halogenated alkanes) is 1. The van der Waals surface area contributed by atoms with E-state index in [1.165, 1.54) is 5.56 Å². The maximum Gasteiger partial charge on any atom is 0.155 e. The first-order valence-electron chi connectivity index (χ1n) is 7.39. The van der Waals surface area contributed by atoms with E-state index < -0.39 is 0 Å². The number of aromatic nitrogens is 1. The van der Waals surface area contributed by atoms with Gasteiger partial charge < -0.3 is 5.11 Å². The molecule has 2 heterocycles. The minimum absolute atomic E-state index is 0.120. The van der Waals surface area contributed by atoms with Gasteiger partial charge in [-0.25, -0.2) is 4.98 Å². The van der Waals surface area contributed by atoms with E-state index in [9.17, 15) is 4.79 Å². The Morgan fingerprint density at radius 2 is 2.27 bits per heavy atom. The topological polar surface area (TPSA) is 62.5 Å². The molecular weight excluding hydrogens is 316 g/mol. The lowest BCUT2D eigenvalue weighted by Gasteiger charge is -1.99. The van der Waals surface area contributed by atoms with Gasteiger partial charge in [0.1, 0.15) is 16.1 Å². The van der Waals surface area contributed by atoms with E-state index in [4.69, 9.17) is 5.11 Å². The number of fused-ring (bicyclic) bond motifs is 1. The van der Waals surface area contributed by atoms with Crippen molar-refractivity contribution in [1.29, 1.82) is 0 Å². The average Bonchev–Trinajstić information content (AvgIpc) is 3.13. The van der Waals surface area contributed by atoms with Crippen LogP contribution in [-0.2, 0) is 11.2 Å². The molecule has 4 nitrogen and oxygen atoms in total. The highest BCUT2D eigenvalue weighted by atomic mass is 32.2. The van der Waals surface area contributed by atoms with Gasteiger partial charge in [-0.3, -0.25) is 9.79 Å². The van der Waals surface area contributed by atoms with E-state index in [0.717, 1.165) is 45.3 Å². The van der Waals surface area contributed by atoms with Gasteiger partial charge in [-0.05, 0) is 43.9 Å². The Morgan fingerprint density at radius 3 is 3.00 bits per heavy atom. The molecule has 0 unspecified atom stereocenters. The summed E-state index contributed by atoms with van der Waals surface area (Å²) >= 11 is 3.26. The van der Waals surface area contributed by atoms with Crippen LogP contribution in [0.25, 0.3) is 10.2 Å². The largest absolute Gasteiger partial charge is 0.396 e. The molecule has 0 saturated heterocycles. The standard InChI is InChI=1S/C16H18N2O2S2/c1-10(20)13-9-21-15(18-13)16-17-12-6-5-11(4-2-3-7-19)8-14(12)22-16/h5-6,8,13,19H,2-4,7,9H2,1H3/t13-/m1/s1. The van der Waals surface area contributed by atoms with Crippen LogP contribution >= 0.6 is 23.1 Å². The maximum absolute atomic E-state index is 11.4.